The van der Waals surface area contributed by atoms with Crippen LogP contribution in [0.1, 0.15) is 45.8 Å². The lowest BCUT2D eigenvalue weighted by molar-refractivity contribution is -0.0747. The van der Waals surface area contributed by atoms with Gasteiger partial charge in [-0.3, -0.25) is 9.69 Å². The van der Waals surface area contributed by atoms with Crippen LogP contribution >= 0.6 is 0 Å². The maximum Gasteiger partial charge on any atom is 0.410 e. The van der Waals surface area contributed by atoms with Gasteiger partial charge in [0.2, 0.25) is 0 Å². The molecule has 2 fully saturated rings. The van der Waals surface area contributed by atoms with Gasteiger partial charge >= 0.3 is 6.09 Å². The molecule has 1 amide bonds. The van der Waals surface area contributed by atoms with Crippen molar-refractivity contribution in [3.05, 3.63) is 102 Å². The van der Waals surface area contributed by atoms with Crippen LogP contribution in [-0.2, 0) is 9.47 Å². The van der Waals surface area contributed by atoms with E-state index in [1.807, 2.05) is 53.4 Å². The van der Waals surface area contributed by atoms with Gasteiger partial charge in [-0.05, 0) is 40.7 Å². The highest BCUT2D eigenvalue weighted by Gasteiger charge is 2.45. The van der Waals surface area contributed by atoms with E-state index in [1.54, 1.807) is 6.08 Å². The number of fused-ring (bicyclic) bond motifs is 5. The Morgan fingerprint density at radius 1 is 0.889 bits per heavy atom. The summed E-state index contributed by atoms with van der Waals surface area (Å²) in [6, 6.07) is 23.9. The van der Waals surface area contributed by atoms with E-state index >= 15 is 0 Å². The molecule has 1 aliphatic carbocycles. The van der Waals surface area contributed by atoms with Crippen LogP contribution in [-0.4, -0.2) is 48.7 Å². The second kappa shape index (κ2) is 9.40. The van der Waals surface area contributed by atoms with Gasteiger partial charge in [-0.25, -0.2) is 4.79 Å². The average molecular weight is 480 g/mol. The van der Waals surface area contributed by atoms with Crippen LogP contribution < -0.4 is 0 Å². The van der Waals surface area contributed by atoms with Crippen molar-refractivity contribution >= 4 is 18.0 Å². The molecule has 0 saturated carbocycles. The zero-order valence-electron chi connectivity index (χ0n) is 20.1. The molecule has 182 valence electrons. The van der Waals surface area contributed by atoms with E-state index in [-0.39, 0.29) is 35.8 Å². The van der Waals surface area contributed by atoms with Crippen molar-refractivity contribution < 1.29 is 19.1 Å². The molecule has 5 heteroatoms. The molecule has 3 aromatic rings. The van der Waals surface area contributed by atoms with Crippen LogP contribution in [0.3, 0.4) is 0 Å². The number of carbonyl (C=O) groups excluding carboxylic acids is 2. The molecule has 0 aromatic heterocycles. The molecule has 0 N–H and O–H groups in total. The number of benzene rings is 3. The van der Waals surface area contributed by atoms with E-state index in [0.717, 1.165) is 5.56 Å². The van der Waals surface area contributed by atoms with E-state index in [1.165, 1.54) is 22.3 Å². The fourth-order valence-electron chi connectivity index (χ4n) is 6.22. The number of hydrogen-bond donors (Lipinski definition) is 0. The van der Waals surface area contributed by atoms with Gasteiger partial charge in [-0.2, -0.15) is 0 Å². The van der Waals surface area contributed by atoms with Crippen molar-refractivity contribution in [2.75, 3.05) is 19.8 Å². The summed E-state index contributed by atoms with van der Waals surface area (Å²) in [7, 11) is 0. The summed E-state index contributed by atoms with van der Waals surface area (Å²) in [6.07, 6.45) is 2.56. The molecule has 0 spiro atoms. The summed E-state index contributed by atoms with van der Waals surface area (Å²) >= 11 is 0. The van der Waals surface area contributed by atoms with Crippen LogP contribution in [0.25, 0.3) is 17.2 Å². The van der Waals surface area contributed by atoms with Gasteiger partial charge in [0.1, 0.15) is 6.61 Å². The van der Waals surface area contributed by atoms with Crippen LogP contribution in [0.5, 0.6) is 0 Å². The van der Waals surface area contributed by atoms with E-state index in [0.29, 0.717) is 38.2 Å². The van der Waals surface area contributed by atoms with Crippen molar-refractivity contribution in [3.8, 4) is 11.1 Å². The van der Waals surface area contributed by atoms with Gasteiger partial charge in [0, 0.05) is 17.4 Å². The highest BCUT2D eigenvalue weighted by molar-refractivity contribution is 6.01. The average Bonchev–Trinajstić information content (AvgIpc) is 3.24. The molecule has 2 aliphatic heterocycles. The first kappa shape index (κ1) is 22.7. The summed E-state index contributed by atoms with van der Waals surface area (Å²) in [6.45, 7) is 4.99. The molecule has 3 aromatic carbocycles. The van der Waals surface area contributed by atoms with E-state index < -0.39 is 0 Å². The Balaban J connectivity index is 1.17. The van der Waals surface area contributed by atoms with Gasteiger partial charge in [0.05, 0.1) is 25.3 Å². The molecule has 2 bridgehead atoms. The maximum absolute atomic E-state index is 13.4. The molecule has 5 nitrogen and oxygen atoms in total. The number of rotatable bonds is 5. The smallest absolute Gasteiger partial charge is 0.410 e. The predicted molar refractivity (Wildman–Crippen MR) is 139 cm³/mol. The van der Waals surface area contributed by atoms with Gasteiger partial charge < -0.3 is 9.47 Å². The Labute approximate surface area is 211 Å². The maximum atomic E-state index is 13.4. The number of carbonyl (C=O) groups is 2. The number of ketones is 1. The molecule has 2 atom stereocenters. The number of nitrogens with zero attached hydrogens (tertiary/aromatic N) is 1. The Morgan fingerprint density at radius 3 is 2.11 bits per heavy atom. The number of piperidine rings is 1. The molecular formula is C31H29NO4. The van der Waals surface area contributed by atoms with Crippen molar-refractivity contribution in [3.63, 3.8) is 0 Å². The minimum Gasteiger partial charge on any atom is -0.448 e. The Bertz CT molecular complexity index is 1270. The molecule has 2 saturated heterocycles. The first-order valence-electron chi connectivity index (χ1n) is 12.6. The molecule has 6 rings (SSSR count). The zero-order chi connectivity index (χ0) is 24.6. The minimum atomic E-state index is -0.312. The van der Waals surface area contributed by atoms with E-state index in [2.05, 4.69) is 30.8 Å². The first-order chi connectivity index (χ1) is 17.7. The molecule has 0 radical (unpaired) electrons. The lowest BCUT2D eigenvalue weighted by Gasteiger charge is -2.47. The first-order valence-corrected chi connectivity index (χ1v) is 12.6. The lowest BCUT2D eigenvalue weighted by atomic mass is 9.80. The highest BCUT2D eigenvalue weighted by Crippen LogP contribution is 2.44. The van der Waals surface area contributed by atoms with Gasteiger partial charge in [-0.1, -0.05) is 85.5 Å². The Kier molecular flexibility index (Phi) is 5.94. The molecule has 3 aliphatic rings. The van der Waals surface area contributed by atoms with Gasteiger partial charge in [0.15, 0.2) is 5.78 Å². The summed E-state index contributed by atoms with van der Waals surface area (Å²) in [5, 5.41) is 0. The second-order valence-corrected chi connectivity index (χ2v) is 9.88. The van der Waals surface area contributed by atoms with Crippen molar-refractivity contribution in [2.45, 2.75) is 30.8 Å². The Morgan fingerprint density at radius 2 is 1.47 bits per heavy atom. The topological polar surface area (TPSA) is 55.8 Å². The van der Waals surface area contributed by atoms with Gasteiger partial charge in [0.25, 0.3) is 0 Å². The standard InChI is InChI=1S/C31H29NO4/c1-2-20-9-3-4-10-24(20)30(33)21-15-22-17-35-18-23(16-21)32(22)31(34)36-19-29-27-13-7-5-11-25(27)26-12-6-8-14-28(26)29/h2-14,21-23,29H,1,15-19H2. The predicted octanol–water partition coefficient (Wildman–Crippen LogP) is 5.94. The second-order valence-electron chi connectivity index (χ2n) is 9.88. The van der Waals surface area contributed by atoms with Crippen LogP contribution in [0.15, 0.2) is 79.4 Å². The number of morpholine rings is 1. The van der Waals surface area contributed by atoms with Crippen molar-refractivity contribution in [1.29, 1.82) is 0 Å². The molecule has 2 unspecified atom stereocenters. The zero-order valence-corrected chi connectivity index (χ0v) is 20.1. The van der Waals surface area contributed by atoms with Gasteiger partial charge in [-0.15, -0.1) is 0 Å². The summed E-state index contributed by atoms with van der Waals surface area (Å²) in [5.41, 5.74) is 6.35. The highest BCUT2D eigenvalue weighted by atomic mass is 16.6. The molecular weight excluding hydrogens is 450 g/mol. The normalized spacial score (nSPS) is 22.4. The van der Waals surface area contributed by atoms with E-state index in [4.69, 9.17) is 9.47 Å². The summed E-state index contributed by atoms with van der Waals surface area (Å²) in [5.74, 6) is -0.0100. The number of hydrogen-bond acceptors (Lipinski definition) is 4. The van der Waals surface area contributed by atoms with Crippen molar-refractivity contribution in [2.24, 2.45) is 5.92 Å². The third kappa shape index (κ3) is 3.84. The fourth-order valence-corrected chi connectivity index (χ4v) is 6.22. The minimum absolute atomic E-state index is 0.0203. The van der Waals surface area contributed by atoms with E-state index in [9.17, 15) is 9.59 Å². The number of amides is 1. The SMILES string of the molecule is C=Cc1ccccc1C(=O)C1CC2COCC(C1)N2C(=O)OCC1c2ccccc2-c2ccccc21. The monoisotopic (exact) mass is 479 g/mol. The number of ether oxygens (including phenoxy) is 2. The Hall–Kier alpha value is -3.70. The largest absolute Gasteiger partial charge is 0.448 e. The van der Waals surface area contributed by atoms with Crippen LogP contribution in [0, 0.1) is 5.92 Å². The van der Waals surface area contributed by atoms with Crippen LogP contribution in [0.4, 0.5) is 4.79 Å². The van der Waals surface area contributed by atoms with Crippen molar-refractivity contribution in [1.82, 2.24) is 4.90 Å². The summed E-state index contributed by atoms with van der Waals surface area (Å²) < 4.78 is 11.8. The van der Waals surface area contributed by atoms with Crippen LogP contribution in [0.2, 0.25) is 0 Å². The number of Topliss-reactive ketones (excluding diaryl/α,β-unsaturated/α-hetero) is 1. The molecule has 2 heterocycles. The lowest BCUT2D eigenvalue weighted by Crippen LogP contribution is -2.60. The quantitative estimate of drug-likeness (QED) is 0.425. The third-order valence-corrected chi connectivity index (χ3v) is 7.88. The molecule has 36 heavy (non-hydrogen) atoms. The third-order valence-electron chi connectivity index (χ3n) is 7.88. The summed E-state index contributed by atoms with van der Waals surface area (Å²) in [4.78, 5) is 28.6. The fraction of sp³-hybridized carbons (Fsp3) is 0.290.